The Bertz CT molecular complexity index is 1150. The van der Waals surface area contributed by atoms with E-state index in [1.807, 2.05) is 34.7 Å². The normalized spacial score (nSPS) is 16.2. The minimum Gasteiger partial charge on any atom is -0.492 e. The first kappa shape index (κ1) is 22.4. The molecule has 2 aliphatic rings. The Kier molecular flexibility index (Phi) is 6.52. The van der Waals surface area contributed by atoms with Gasteiger partial charge in [-0.3, -0.25) is 4.79 Å². The number of halogens is 1. The van der Waals surface area contributed by atoms with Gasteiger partial charge in [0.15, 0.2) is 5.69 Å². The molecule has 178 valence electrons. The summed E-state index contributed by atoms with van der Waals surface area (Å²) < 4.78 is 21.2. The quantitative estimate of drug-likeness (QED) is 0.519. The van der Waals surface area contributed by atoms with Crippen LogP contribution in [0.15, 0.2) is 48.5 Å². The van der Waals surface area contributed by atoms with Crippen LogP contribution < -0.4 is 9.64 Å². The maximum absolute atomic E-state index is 13.6. The zero-order chi connectivity index (χ0) is 23.5. The zero-order valence-corrected chi connectivity index (χ0v) is 19.7. The first-order chi connectivity index (χ1) is 16.7. The summed E-state index contributed by atoms with van der Waals surface area (Å²) in [6.07, 6.45) is 5.02. The molecule has 0 atom stereocenters. The Labute approximate surface area is 199 Å². The lowest BCUT2D eigenvalue weighted by Gasteiger charge is -2.36. The van der Waals surface area contributed by atoms with Crippen molar-refractivity contribution < 1.29 is 13.9 Å². The summed E-state index contributed by atoms with van der Waals surface area (Å²) in [6, 6.07) is 14.4. The van der Waals surface area contributed by atoms with E-state index in [-0.39, 0.29) is 11.7 Å². The predicted molar refractivity (Wildman–Crippen MR) is 131 cm³/mol. The molecule has 5 rings (SSSR count). The molecule has 0 saturated carbocycles. The summed E-state index contributed by atoms with van der Waals surface area (Å²) in [5, 5.41) is 4.79. The van der Waals surface area contributed by atoms with E-state index in [4.69, 9.17) is 9.84 Å². The molecule has 1 fully saturated rings. The van der Waals surface area contributed by atoms with Crippen molar-refractivity contribution in [2.45, 2.75) is 39.0 Å². The van der Waals surface area contributed by atoms with E-state index in [1.54, 1.807) is 12.1 Å². The molecule has 2 heterocycles. The SMILES string of the molecule is CCOc1ccccc1N1CCN(C(=O)c2nn(-c3ccc(F)cc3)c3c2CCCCC3)CC1. The second kappa shape index (κ2) is 9.87. The molecule has 2 aromatic carbocycles. The minimum absolute atomic E-state index is 0.00300. The van der Waals surface area contributed by atoms with Crippen LogP contribution in [0.2, 0.25) is 0 Å². The van der Waals surface area contributed by atoms with Crippen molar-refractivity contribution >= 4 is 11.6 Å². The number of benzene rings is 2. The molecular weight excluding hydrogens is 431 g/mol. The molecule has 0 N–H and O–H groups in total. The van der Waals surface area contributed by atoms with Crippen molar-refractivity contribution in [2.24, 2.45) is 0 Å². The Morgan fingerprint density at radius 3 is 2.47 bits per heavy atom. The van der Waals surface area contributed by atoms with E-state index in [1.165, 1.54) is 12.1 Å². The molecule has 1 aromatic heterocycles. The number of piperazine rings is 1. The number of para-hydroxylation sites is 2. The van der Waals surface area contributed by atoms with Gasteiger partial charge in [-0.1, -0.05) is 18.6 Å². The van der Waals surface area contributed by atoms with Crippen LogP contribution in [0.5, 0.6) is 5.75 Å². The second-order valence-electron chi connectivity index (χ2n) is 8.90. The fraction of sp³-hybridized carbons (Fsp3) is 0.407. The van der Waals surface area contributed by atoms with Gasteiger partial charge >= 0.3 is 0 Å². The van der Waals surface area contributed by atoms with Gasteiger partial charge in [-0.05, 0) is 69.0 Å². The molecule has 1 aliphatic carbocycles. The van der Waals surface area contributed by atoms with Crippen LogP contribution in [-0.2, 0) is 12.8 Å². The van der Waals surface area contributed by atoms with Gasteiger partial charge in [-0.15, -0.1) is 0 Å². The first-order valence-electron chi connectivity index (χ1n) is 12.3. The number of fused-ring (bicyclic) bond motifs is 1. The lowest BCUT2D eigenvalue weighted by molar-refractivity contribution is 0.0739. The van der Waals surface area contributed by atoms with E-state index in [0.717, 1.165) is 73.6 Å². The second-order valence-corrected chi connectivity index (χ2v) is 8.90. The van der Waals surface area contributed by atoms with Gasteiger partial charge in [-0.25, -0.2) is 9.07 Å². The van der Waals surface area contributed by atoms with E-state index in [9.17, 15) is 9.18 Å². The average molecular weight is 463 g/mol. The summed E-state index contributed by atoms with van der Waals surface area (Å²) in [5.41, 5.74) is 4.60. The third kappa shape index (κ3) is 4.39. The van der Waals surface area contributed by atoms with E-state index < -0.39 is 0 Å². The fourth-order valence-electron chi connectivity index (χ4n) is 5.04. The molecule has 34 heavy (non-hydrogen) atoms. The Morgan fingerprint density at radius 1 is 0.971 bits per heavy atom. The average Bonchev–Trinajstić information content (AvgIpc) is 3.05. The van der Waals surface area contributed by atoms with E-state index in [2.05, 4.69) is 11.0 Å². The van der Waals surface area contributed by atoms with Crippen LogP contribution in [0, 0.1) is 5.82 Å². The molecular formula is C27H31FN4O2. The number of rotatable bonds is 5. The molecule has 0 radical (unpaired) electrons. The number of hydrogen-bond donors (Lipinski definition) is 0. The van der Waals surface area contributed by atoms with Crippen LogP contribution >= 0.6 is 0 Å². The maximum atomic E-state index is 13.6. The first-order valence-corrected chi connectivity index (χ1v) is 12.3. The van der Waals surface area contributed by atoms with Gasteiger partial charge in [0.05, 0.1) is 18.0 Å². The van der Waals surface area contributed by atoms with Gasteiger partial charge in [0.25, 0.3) is 5.91 Å². The highest BCUT2D eigenvalue weighted by atomic mass is 19.1. The third-order valence-electron chi connectivity index (χ3n) is 6.78. The van der Waals surface area contributed by atoms with Crippen molar-refractivity contribution in [3.05, 3.63) is 71.3 Å². The number of anilines is 1. The summed E-state index contributed by atoms with van der Waals surface area (Å²) in [4.78, 5) is 17.8. The summed E-state index contributed by atoms with van der Waals surface area (Å²) in [6.45, 7) is 5.38. The number of aromatic nitrogens is 2. The van der Waals surface area contributed by atoms with Crippen LogP contribution in [0.4, 0.5) is 10.1 Å². The highest BCUT2D eigenvalue weighted by Crippen LogP contribution is 2.30. The van der Waals surface area contributed by atoms with Gasteiger partial charge in [0, 0.05) is 37.4 Å². The van der Waals surface area contributed by atoms with Crippen LogP contribution in [0.1, 0.15) is 47.9 Å². The van der Waals surface area contributed by atoms with Crippen LogP contribution in [-0.4, -0.2) is 53.4 Å². The lowest BCUT2D eigenvalue weighted by atomic mass is 10.1. The number of nitrogens with zero attached hydrogens (tertiary/aromatic N) is 4. The van der Waals surface area contributed by atoms with Crippen LogP contribution in [0.25, 0.3) is 5.69 Å². The van der Waals surface area contributed by atoms with E-state index in [0.29, 0.717) is 25.4 Å². The number of carbonyl (C=O) groups is 1. The lowest BCUT2D eigenvalue weighted by Crippen LogP contribution is -2.49. The highest BCUT2D eigenvalue weighted by molar-refractivity contribution is 5.94. The third-order valence-corrected chi connectivity index (χ3v) is 6.78. The molecule has 1 aliphatic heterocycles. The predicted octanol–water partition coefficient (Wildman–Crippen LogP) is 4.64. The van der Waals surface area contributed by atoms with Crippen LogP contribution in [0.3, 0.4) is 0 Å². The van der Waals surface area contributed by atoms with Gasteiger partial charge < -0.3 is 14.5 Å². The van der Waals surface area contributed by atoms with Crippen molar-refractivity contribution in [3.63, 3.8) is 0 Å². The topological polar surface area (TPSA) is 50.6 Å². The molecule has 1 saturated heterocycles. The number of amides is 1. The molecule has 6 nitrogen and oxygen atoms in total. The molecule has 1 amide bonds. The van der Waals surface area contributed by atoms with Crippen molar-refractivity contribution in [3.8, 4) is 11.4 Å². The number of ether oxygens (including phenoxy) is 1. The largest absolute Gasteiger partial charge is 0.492 e. The van der Waals surface area contributed by atoms with Crippen molar-refractivity contribution in [1.29, 1.82) is 0 Å². The highest BCUT2D eigenvalue weighted by Gasteiger charge is 2.30. The smallest absolute Gasteiger partial charge is 0.274 e. The molecule has 0 spiro atoms. The summed E-state index contributed by atoms with van der Waals surface area (Å²) >= 11 is 0. The molecule has 0 bridgehead atoms. The monoisotopic (exact) mass is 462 g/mol. The Balaban J connectivity index is 1.38. The zero-order valence-electron chi connectivity index (χ0n) is 19.7. The van der Waals surface area contributed by atoms with Crippen molar-refractivity contribution in [2.75, 3.05) is 37.7 Å². The number of carbonyl (C=O) groups excluding carboxylic acids is 1. The van der Waals surface area contributed by atoms with Crippen molar-refractivity contribution in [1.82, 2.24) is 14.7 Å². The van der Waals surface area contributed by atoms with Gasteiger partial charge in [0.2, 0.25) is 0 Å². The fourth-order valence-corrected chi connectivity index (χ4v) is 5.04. The summed E-state index contributed by atoms with van der Waals surface area (Å²) in [5.74, 6) is 0.604. The molecule has 7 heteroatoms. The molecule has 3 aromatic rings. The minimum atomic E-state index is -0.276. The summed E-state index contributed by atoms with van der Waals surface area (Å²) in [7, 11) is 0. The standard InChI is InChI=1S/C27H31FN4O2/c1-2-34-25-11-7-6-10-24(25)30-16-18-31(19-17-30)27(33)26-22-8-4-3-5-9-23(22)32(29-26)21-14-12-20(28)13-15-21/h6-7,10-15H,2-5,8-9,16-19H2,1H3. The van der Waals surface area contributed by atoms with Gasteiger partial charge in [-0.2, -0.15) is 5.10 Å². The Morgan fingerprint density at radius 2 is 1.71 bits per heavy atom. The Hall–Kier alpha value is -3.35. The number of hydrogen-bond acceptors (Lipinski definition) is 4. The van der Waals surface area contributed by atoms with E-state index >= 15 is 0 Å². The molecule has 0 unspecified atom stereocenters. The maximum Gasteiger partial charge on any atom is 0.274 e. The van der Waals surface area contributed by atoms with Gasteiger partial charge in [0.1, 0.15) is 11.6 Å².